The molecular weight excluding hydrogens is 412 g/mol. The van der Waals surface area contributed by atoms with Crippen molar-refractivity contribution in [3.8, 4) is 0 Å². The Bertz CT molecular complexity index is 1250. The molecule has 158 valence electrons. The smallest absolute Gasteiger partial charge is 0.274 e. The van der Waals surface area contributed by atoms with Gasteiger partial charge in [0.2, 0.25) is 0 Å². The van der Waals surface area contributed by atoms with Crippen molar-refractivity contribution in [1.82, 2.24) is 19.3 Å². The number of hydrogen-bond donors (Lipinski definition) is 0. The van der Waals surface area contributed by atoms with E-state index in [4.69, 9.17) is 16.0 Å². The minimum atomic E-state index is -0.0430. The van der Waals surface area contributed by atoms with E-state index >= 15 is 0 Å². The minimum Gasteiger partial charge on any atom is -0.445 e. The third kappa shape index (κ3) is 4.08. The number of oxazole rings is 1. The van der Waals surface area contributed by atoms with E-state index in [1.807, 2.05) is 65.0 Å². The molecule has 0 unspecified atom stereocenters. The maximum Gasteiger partial charge on any atom is 0.274 e. The number of amides is 1. The number of halogens is 1. The van der Waals surface area contributed by atoms with E-state index in [9.17, 15) is 4.79 Å². The van der Waals surface area contributed by atoms with Crippen LogP contribution in [0.5, 0.6) is 0 Å². The number of hydrogen-bond acceptors (Lipinski definition) is 4. The Morgan fingerprint density at radius 1 is 1.29 bits per heavy atom. The van der Waals surface area contributed by atoms with Crippen LogP contribution in [-0.4, -0.2) is 38.3 Å². The largest absolute Gasteiger partial charge is 0.445 e. The third-order valence-electron chi connectivity index (χ3n) is 5.79. The van der Waals surface area contributed by atoms with Gasteiger partial charge >= 0.3 is 0 Å². The molecular formula is C24H23ClN4O2. The second kappa shape index (κ2) is 8.19. The Morgan fingerprint density at radius 2 is 2.19 bits per heavy atom. The van der Waals surface area contributed by atoms with Crippen LogP contribution in [0.25, 0.3) is 5.65 Å². The van der Waals surface area contributed by atoms with Gasteiger partial charge in [-0.2, -0.15) is 0 Å². The molecule has 1 atom stereocenters. The molecule has 0 bridgehead atoms. The summed E-state index contributed by atoms with van der Waals surface area (Å²) in [7, 11) is 0. The summed E-state index contributed by atoms with van der Waals surface area (Å²) in [6.45, 7) is 3.30. The number of pyridine rings is 1. The molecule has 1 aliphatic rings. The molecule has 6 nitrogen and oxygen atoms in total. The fraction of sp³-hybridized carbons (Fsp3) is 0.292. The minimum absolute atomic E-state index is 0.0430. The first-order chi connectivity index (χ1) is 15.1. The summed E-state index contributed by atoms with van der Waals surface area (Å²) in [5.41, 5.74) is 3.42. The Morgan fingerprint density at radius 3 is 3.03 bits per heavy atom. The summed E-state index contributed by atoms with van der Waals surface area (Å²) >= 11 is 6.08. The fourth-order valence-corrected chi connectivity index (χ4v) is 4.44. The molecule has 7 heteroatoms. The number of imidazole rings is 1. The molecule has 0 spiro atoms. The lowest BCUT2D eigenvalue weighted by molar-refractivity contribution is 0.0692. The molecule has 1 saturated heterocycles. The Balaban J connectivity index is 1.30. The van der Waals surface area contributed by atoms with Gasteiger partial charge in [-0.25, -0.2) is 9.97 Å². The molecule has 3 aromatic heterocycles. The number of aryl methyl sites for hydroxylation is 1. The number of carbonyl (C=O) groups excluding carboxylic acids is 1. The second-order valence-corrected chi connectivity index (χ2v) is 8.55. The first kappa shape index (κ1) is 19.8. The average molecular weight is 435 g/mol. The average Bonchev–Trinajstić information content (AvgIpc) is 3.41. The molecule has 1 aromatic carbocycles. The number of likely N-dealkylation sites (tertiary alicyclic amines) is 1. The predicted molar refractivity (Wildman–Crippen MR) is 119 cm³/mol. The molecule has 1 amide bonds. The van der Waals surface area contributed by atoms with Gasteiger partial charge in [-0.15, -0.1) is 0 Å². The zero-order valence-corrected chi connectivity index (χ0v) is 18.0. The van der Waals surface area contributed by atoms with Gasteiger partial charge in [-0.05, 0) is 49.1 Å². The molecule has 5 rings (SSSR count). The highest BCUT2D eigenvalue weighted by atomic mass is 35.5. The van der Waals surface area contributed by atoms with Crippen LogP contribution >= 0.6 is 11.6 Å². The number of benzene rings is 1. The van der Waals surface area contributed by atoms with Crippen LogP contribution in [0.4, 0.5) is 0 Å². The van der Waals surface area contributed by atoms with Crippen molar-refractivity contribution in [2.75, 3.05) is 13.1 Å². The number of aromatic nitrogens is 3. The van der Waals surface area contributed by atoms with Gasteiger partial charge in [0.1, 0.15) is 17.1 Å². The van der Waals surface area contributed by atoms with E-state index in [-0.39, 0.29) is 11.8 Å². The van der Waals surface area contributed by atoms with Crippen LogP contribution in [0.1, 0.15) is 52.0 Å². The lowest BCUT2D eigenvalue weighted by Gasteiger charge is -2.30. The highest BCUT2D eigenvalue weighted by molar-refractivity contribution is 6.30. The number of nitrogens with zero attached hydrogens (tertiary/aromatic N) is 4. The lowest BCUT2D eigenvalue weighted by atomic mass is 9.98. The van der Waals surface area contributed by atoms with Crippen LogP contribution in [0.2, 0.25) is 5.02 Å². The first-order valence-electron chi connectivity index (χ1n) is 10.5. The molecule has 0 saturated carbocycles. The number of carbonyl (C=O) groups is 1. The molecule has 1 aliphatic heterocycles. The second-order valence-electron chi connectivity index (χ2n) is 8.11. The summed E-state index contributed by atoms with van der Waals surface area (Å²) in [6, 6.07) is 11.7. The van der Waals surface area contributed by atoms with Crippen LogP contribution in [0, 0.1) is 6.92 Å². The van der Waals surface area contributed by atoms with E-state index < -0.39 is 0 Å². The van der Waals surface area contributed by atoms with E-state index in [1.165, 1.54) is 0 Å². The Labute approximate surface area is 185 Å². The summed E-state index contributed by atoms with van der Waals surface area (Å²) in [5, 5.41) is 0.709. The topological polar surface area (TPSA) is 63.6 Å². The number of rotatable bonds is 4. The molecule has 4 aromatic rings. The normalized spacial score (nSPS) is 16.7. The van der Waals surface area contributed by atoms with Crippen molar-refractivity contribution in [2.45, 2.75) is 32.1 Å². The molecule has 4 heterocycles. The summed E-state index contributed by atoms with van der Waals surface area (Å²) in [5.74, 6) is 1.54. The van der Waals surface area contributed by atoms with E-state index in [0.29, 0.717) is 29.6 Å². The molecule has 0 aliphatic carbocycles. The van der Waals surface area contributed by atoms with Gasteiger partial charge in [0.05, 0.1) is 12.1 Å². The van der Waals surface area contributed by atoms with Gasteiger partial charge in [0.25, 0.3) is 5.91 Å². The van der Waals surface area contributed by atoms with Crippen LogP contribution < -0.4 is 0 Å². The molecule has 0 N–H and O–H groups in total. The monoisotopic (exact) mass is 434 g/mol. The molecule has 0 radical (unpaired) electrons. The fourth-order valence-electron chi connectivity index (χ4n) is 4.22. The molecule has 31 heavy (non-hydrogen) atoms. The van der Waals surface area contributed by atoms with Crippen LogP contribution in [0.3, 0.4) is 0 Å². The van der Waals surface area contributed by atoms with Crippen molar-refractivity contribution in [2.24, 2.45) is 0 Å². The SMILES string of the molecule is Cc1cccn2cc(C(=O)N3CCC[C@@H](c4ncc(Cc5cccc(Cl)c5)o4)C3)nc12. The first-order valence-corrected chi connectivity index (χ1v) is 10.9. The predicted octanol–water partition coefficient (Wildman–Crippen LogP) is 4.89. The number of piperidine rings is 1. The lowest BCUT2D eigenvalue weighted by Crippen LogP contribution is -2.39. The van der Waals surface area contributed by atoms with Crippen LogP contribution in [0.15, 0.2) is 59.4 Å². The van der Waals surface area contributed by atoms with E-state index in [1.54, 1.807) is 6.20 Å². The van der Waals surface area contributed by atoms with Gasteiger partial charge in [0.15, 0.2) is 5.89 Å². The zero-order valence-electron chi connectivity index (χ0n) is 17.3. The van der Waals surface area contributed by atoms with Crippen molar-refractivity contribution in [1.29, 1.82) is 0 Å². The van der Waals surface area contributed by atoms with Crippen LogP contribution in [-0.2, 0) is 6.42 Å². The summed E-state index contributed by atoms with van der Waals surface area (Å²) in [4.78, 5) is 24.1. The Kier molecular flexibility index (Phi) is 5.24. The summed E-state index contributed by atoms with van der Waals surface area (Å²) in [6.07, 6.45) is 8.01. The van der Waals surface area contributed by atoms with Gasteiger partial charge in [-0.1, -0.05) is 29.8 Å². The quantitative estimate of drug-likeness (QED) is 0.458. The Hall–Kier alpha value is -3.12. The highest BCUT2D eigenvalue weighted by Crippen LogP contribution is 2.28. The van der Waals surface area contributed by atoms with Gasteiger partial charge < -0.3 is 13.7 Å². The third-order valence-corrected chi connectivity index (χ3v) is 6.03. The van der Waals surface area contributed by atoms with Crippen molar-refractivity contribution < 1.29 is 9.21 Å². The van der Waals surface area contributed by atoms with E-state index in [0.717, 1.165) is 41.9 Å². The van der Waals surface area contributed by atoms with Crippen molar-refractivity contribution in [3.05, 3.63) is 88.5 Å². The zero-order chi connectivity index (χ0) is 21.4. The van der Waals surface area contributed by atoms with Gasteiger partial charge in [0, 0.05) is 36.9 Å². The maximum absolute atomic E-state index is 13.1. The maximum atomic E-state index is 13.1. The number of fused-ring (bicyclic) bond motifs is 1. The van der Waals surface area contributed by atoms with Crippen molar-refractivity contribution in [3.63, 3.8) is 0 Å². The highest BCUT2D eigenvalue weighted by Gasteiger charge is 2.29. The van der Waals surface area contributed by atoms with E-state index in [2.05, 4.69) is 9.97 Å². The standard InChI is InChI=1S/C24H23ClN4O2/c1-16-5-3-9-28-15-21(27-22(16)28)24(30)29-10-4-7-18(14-29)23-26-13-20(31-23)12-17-6-2-8-19(25)11-17/h2-3,5-6,8-9,11,13,15,18H,4,7,10,12,14H2,1H3/t18-/m1/s1. The molecule has 1 fully saturated rings. The summed E-state index contributed by atoms with van der Waals surface area (Å²) < 4.78 is 7.96. The van der Waals surface area contributed by atoms with Crippen molar-refractivity contribution >= 4 is 23.2 Å². The van der Waals surface area contributed by atoms with Gasteiger partial charge in [-0.3, -0.25) is 4.79 Å².